The summed E-state index contributed by atoms with van der Waals surface area (Å²) >= 11 is 0. The molecule has 0 spiro atoms. The lowest BCUT2D eigenvalue weighted by molar-refractivity contribution is -0.141. The van der Waals surface area contributed by atoms with Crippen LogP contribution in [-0.4, -0.2) is 78.6 Å². The maximum Gasteiger partial charge on any atom is 0.229 e. The highest BCUT2D eigenvalue weighted by Gasteiger charge is 2.53. The van der Waals surface area contributed by atoms with Gasteiger partial charge in [-0.05, 0) is 12.8 Å². The molecule has 20 heavy (non-hydrogen) atoms. The lowest BCUT2D eigenvalue weighted by atomic mass is 9.79. The van der Waals surface area contributed by atoms with E-state index in [2.05, 4.69) is 4.90 Å². The van der Waals surface area contributed by atoms with Crippen LogP contribution in [0.2, 0.25) is 0 Å². The van der Waals surface area contributed by atoms with E-state index in [1.54, 1.807) is 0 Å². The van der Waals surface area contributed by atoms with E-state index in [4.69, 9.17) is 9.84 Å². The average molecular weight is 282 g/mol. The maximum absolute atomic E-state index is 12.6. The maximum atomic E-state index is 12.6. The number of piperazine rings is 1. The summed E-state index contributed by atoms with van der Waals surface area (Å²) in [5, 5.41) is 8.93. The van der Waals surface area contributed by atoms with Crippen molar-refractivity contribution < 1.29 is 19.4 Å². The summed E-state index contributed by atoms with van der Waals surface area (Å²) in [6, 6.07) is 0. The molecule has 6 heteroatoms. The van der Waals surface area contributed by atoms with Crippen molar-refractivity contribution >= 4 is 12.2 Å². The second-order valence-corrected chi connectivity index (χ2v) is 5.92. The van der Waals surface area contributed by atoms with E-state index in [0.29, 0.717) is 19.6 Å². The Kier molecular flexibility index (Phi) is 4.05. The zero-order chi connectivity index (χ0) is 14.1. The number of aldehydes is 1. The first-order valence-electron chi connectivity index (χ1n) is 7.47. The van der Waals surface area contributed by atoms with E-state index in [1.165, 1.54) is 0 Å². The van der Waals surface area contributed by atoms with Crippen LogP contribution in [0.4, 0.5) is 0 Å². The molecule has 3 fully saturated rings. The van der Waals surface area contributed by atoms with E-state index in [-0.39, 0.29) is 36.6 Å². The number of rotatable bonds is 4. The Morgan fingerprint density at radius 2 is 1.90 bits per heavy atom. The molecule has 3 rings (SSSR count). The summed E-state index contributed by atoms with van der Waals surface area (Å²) in [6.07, 6.45) is 2.62. The Labute approximate surface area is 118 Å². The van der Waals surface area contributed by atoms with Crippen LogP contribution in [0, 0.1) is 11.8 Å². The van der Waals surface area contributed by atoms with Crippen molar-refractivity contribution in [2.75, 3.05) is 39.3 Å². The van der Waals surface area contributed by atoms with Gasteiger partial charge in [0, 0.05) is 32.7 Å². The fourth-order valence-corrected chi connectivity index (χ4v) is 3.76. The van der Waals surface area contributed by atoms with Crippen LogP contribution >= 0.6 is 0 Å². The molecule has 1 N–H and O–H groups in total. The van der Waals surface area contributed by atoms with E-state index in [0.717, 1.165) is 32.2 Å². The number of ether oxygens (including phenoxy) is 1. The van der Waals surface area contributed by atoms with Gasteiger partial charge in [0.1, 0.15) is 6.29 Å². The summed E-state index contributed by atoms with van der Waals surface area (Å²) in [5.41, 5.74) is 0. The first-order valence-corrected chi connectivity index (χ1v) is 7.47. The second-order valence-electron chi connectivity index (χ2n) is 5.92. The number of β-amino-alcohol motifs (C(OH)–C–C–N with tert-alkyl or cyclic N) is 1. The predicted octanol–water partition coefficient (Wildman–Crippen LogP) is -0.885. The SMILES string of the molecule is O=CC1C2CCC(O2)C1C(=O)N1CCN(CCO)CC1. The number of nitrogens with zero attached hydrogens (tertiary/aromatic N) is 2. The van der Waals surface area contributed by atoms with Gasteiger partial charge in [-0.25, -0.2) is 0 Å². The zero-order valence-corrected chi connectivity index (χ0v) is 11.6. The molecule has 3 aliphatic rings. The number of hydrogen-bond donors (Lipinski definition) is 1. The molecule has 2 bridgehead atoms. The van der Waals surface area contributed by atoms with Crippen molar-refractivity contribution in [2.45, 2.75) is 25.0 Å². The average Bonchev–Trinajstić information content (AvgIpc) is 3.08. The van der Waals surface area contributed by atoms with Crippen LogP contribution in [0.5, 0.6) is 0 Å². The van der Waals surface area contributed by atoms with Gasteiger partial charge in [-0.1, -0.05) is 0 Å². The molecule has 3 saturated heterocycles. The van der Waals surface area contributed by atoms with E-state index < -0.39 is 0 Å². The van der Waals surface area contributed by atoms with Gasteiger partial charge in [-0.2, -0.15) is 0 Å². The summed E-state index contributed by atoms with van der Waals surface area (Å²) < 4.78 is 5.74. The first-order chi connectivity index (χ1) is 9.74. The Hall–Kier alpha value is -0.980. The van der Waals surface area contributed by atoms with Gasteiger partial charge in [0.05, 0.1) is 30.7 Å². The molecule has 0 radical (unpaired) electrons. The number of amides is 1. The van der Waals surface area contributed by atoms with Crippen LogP contribution in [0.25, 0.3) is 0 Å². The Morgan fingerprint density at radius 1 is 1.20 bits per heavy atom. The van der Waals surface area contributed by atoms with Gasteiger partial charge in [0.15, 0.2) is 0 Å². The van der Waals surface area contributed by atoms with Crippen LogP contribution in [0.1, 0.15) is 12.8 Å². The third kappa shape index (κ3) is 2.36. The smallest absolute Gasteiger partial charge is 0.229 e. The summed E-state index contributed by atoms with van der Waals surface area (Å²) in [7, 11) is 0. The number of hydrogen-bond acceptors (Lipinski definition) is 5. The van der Waals surface area contributed by atoms with Crippen LogP contribution in [0.3, 0.4) is 0 Å². The van der Waals surface area contributed by atoms with Gasteiger partial charge in [0.2, 0.25) is 5.91 Å². The highest BCUT2D eigenvalue weighted by atomic mass is 16.5. The summed E-state index contributed by atoms with van der Waals surface area (Å²) in [4.78, 5) is 27.9. The number of carbonyl (C=O) groups excluding carboxylic acids is 2. The highest BCUT2D eigenvalue weighted by molar-refractivity contribution is 5.83. The third-order valence-electron chi connectivity index (χ3n) is 4.87. The fourth-order valence-electron chi connectivity index (χ4n) is 3.76. The van der Waals surface area contributed by atoms with Crippen molar-refractivity contribution in [1.82, 2.24) is 9.80 Å². The molecule has 1 amide bonds. The van der Waals surface area contributed by atoms with Crippen LogP contribution < -0.4 is 0 Å². The normalized spacial score (nSPS) is 37.4. The number of fused-ring (bicyclic) bond motifs is 2. The first kappa shape index (κ1) is 14.0. The minimum absolute atomic E-state index is 0.0397. The molecule has 4 unspecified atom stereocenters. The molecule has 0 aromatic heterocycles. The van der Waals surface area contributed by atoms with E-state index >= 15 is 0 Å². The third-order valence-corrected chi connectivity index (χ3v) is 4.87. The Bertz CT molecular complexity index is 381. The van der Waals surface area contributed by atoms with Gasteiger partial charge in [0.25, 0.3) is 0 Å². The summed E-state index contributed by atoms with van der Waals surface area (Å²) in [6.45, 7) is 3.76. The zero-order valence-electron chi connectivity index (χ0n) is 11.6. The number of aliphatic hydroxyl groups is 1. The fraction of sp³-hybridized carbons (Fsp3) is 0.857. The lowest BCUT2D eigenvalue weighted by Gasteiger charge is -2.37. The molecule has 6 nitrogen and oxygen atoms in total. The summed E-state index contributed by atoms with van der Waals surface area (Å²) in [5.74, 6) is -0.440. The van der Waals surface area contributed by atoms with Crippen molar-refractivity contribution in [3.8, 4) is 0 Å². The van der Waals surface area contributed by atoms with Crippen molar-refractivity contribution in [3.05, 3.63) is 0 Å². The second kappa shape index (κ2) is 5.79. The van der Waals surface area contributed by atoms with Crippen LogP contribution in [-0.2, 0) is 14.3 Å². The quantitative estimate of drug-likeness (QED) is 0.678. The van der Waals surface area contributed by atoms with Crippen molar-refractivity contribution in [3.63, 3.8) is 0 Å². The number of aliphatic hydroxyl groups excluding tert-OH is 1. The molecule has 0 aromatic carbocycles. The molecule has 3 heterocycles. The standard InChI is InChI=1S/C14H22N2O4/c17-8-7-15-3-5-16(6-4-15)14(19)13-10(9-18)11-1-2-12(13)20-11/h9-13,17H,1-8H2. The van der Waals surface area contributed by atoms with Crippen molar-refractivity contribution in [2.24, 2.45) is 11.8 Å². The van der Waals surface area contributed by atoms with E-state index in [1.807, 2.05) is 4.90 Å². The van der Waals surface area contributed by atoms with Gasteiger partial charge in [-0.3, -0.25) is 9.69 Å². The molecule has 0 aromatic rings. The topological polar surface area (TPSA) is 70.1 Å². The Balaban J connectivity index is 1.61. The molecule has 3 aliphatic heterocycles. The molecule has 0 aliphatic carbocycles. The van der Waals surface area contributed by atoms with Gasteiger partial charge in [-0.15, -0.1) is 0 Å². The van der Waals surface area contributed by atoms with Gasteiger partial charge >= 0.3 is 0 Å². The van der Waals surface area contributed by atoms with Crippen molar-refractivity contribution in [1.29, 1.82) is 0 Å². The minimum Gasteiger partial charge on any atom is -0.395 e. The van der Waals surface area contributed by atoms with Crippen LogP contribution in [0.15, 0.2) is 0 Å². The molecular formula is C14H22N2O4. The largest absolute Gasteiger partial charge is 0.395 e. The molecule has 4 atom stereocenters. The van der Waals surface area contributed by atoms with Gasteiger partial charge < -0.3 is 19.5 Å². The van der Waals surface area contributed by atoms with E-state index in [9.17, 15) is 9.59 Å². The predicted molar refractivity (Wildman–Crippen MR) is 71.0 cm³/mol. The highest BCUT2D eigenvalue weighted by Crippen LogP contribution is 2.43. The number of carbonyl (C=O) groups is 2. The Morgan fingerprint density at radius 3 is 2.55 bits per heavy atom. The monoisotopic (exact) mass is 282 g/mol. The molecular weight excluding hydrogens is 260 g/mol. The molecule has 112 valence electrons. The minimum atomic E-state index is -0.268. The molecule has 0 saturated carbocycles. The lowest BCUT2D eigenvalue weighted by Crippen LogP contribution is -2.53.